The molecule has 1 fully saturated rings. The van der Waals surface area contributed by atoms with Gasteiger partial charge in [0.25, 0.3) is 0 Å². The average molecular weight is 318 g/mol. The second-order valence-corrected chi connectivity index (χ2v) is 6.34. The first-order valence-electron chi connectivity index (χ1n) is 8.38. The molecule has 0 aliphatic carbocycles. The number of carbonyl (C=O) groups is 2. The third-order valence-corrected chi connectivity index (χ3v) is 4.43. The molecule has 2 amide bonds. The fourth-order valence-electron chi connectivity index (χ4n) is 2.70. The molecule has 2 rings (SSSR count). The Kier molecular flexibility index (Phi) is 6.16. The van der Waals surface area contributed by atoms with Crippen LogP contribution >= 0.6 is 0 Å². The maximum atomic E-state index is 12.2. The molecule has 0 bridgehead atoms. The summed E-state index contributed by atoms with van der Waals surface area (Å²) in [4.78, 5) is 25.7. The van der Waals surface area contributed by atoms with Crippen molar-refractivity contribution in [2.45, 2.75) is 45.6 Å². The van der Waals surface area contributed by atoms with Gasteiger partial charge in [0.05, 0.1) is 6.10 Å². The molecule has 1 aliphatic rings. The van der Waals surface area contributed by atoms with E-state index < -0.39 is 17.9 Å². The van der Waals surface area contributed by atoms with Crippen molar-refractivity contribution in [2.24, 2.45) is 5.92 Å². The molecule has 1 saturated heterocycles. The van der Waals surface area contributed by atoms with Gasteiger partial charge in [-0.1, -0.05) is 32.4 Å². The van der Waals surface area contributed by atoms with Gasteiger partial charge in [0.2, 0.25) is 0 Å². The molecule has 1 aliphatic heterocycles. The van der Waals surface area contributed by atoms with Crippen LogP contribution in [-0.4, -0.2) is 41.0 Å². The predicted molar refractivity (Wildman–Crippen MR) is 90.1 cm³/mol. The standard InChI is InChI=1S/C18H26N2O3/c1-3-4-5-14-6-8-15(9-7-14)19-17(22)18(23)20-11-10-13(2)16(21)12-20/h6-9,13,16,21H,3-5,10-12H2,1-2H3,(H,19,22). The van der Waals surface area contributed by atoms with E-state index >= 15 is 0 Å². The number of hydrogen-bond acceptors (Lipinski definition) is 3. The summed E-state index contributed by atoms with van der Waals surface area (Å²) >= 11 is 0. The Hall–Kier alpha value is -1.88. The second-order valence-electron chi connectivity index (χ2n) is 6.34. The SMILES string of the molecule is CCCCc1ccc(NC(=O)C(=O)N2CCC(C)C(O)C2)cc1. The van der Waals surface area contributed by atoms with Crippen LogP contribution in [0, 0.1) is 5.92 Å². The van der Waals surface area contributed by atoms with Gasteiger partial charge in [0.1, 0.15) is 0 Å². The molecule has 0 aromatic heterocycles. The Balaban J connectivity index is 1.89. The molecule has 2 atom stereocenters. The van der Waals surface area contributed by atoms with Crippen molar-refractivity contribution in [3.05, 3.63) is 29.8 Å². The quantitative estimate of drug-likeness (QED) is 0.836. The first-order chi connectivity index (χ1) is 11.0. The smallest absolute Gasteiger partial charge is 0.313 e. The molecule has 1 heterocycles. The fraction of sp³-hybridized carbons (Fsp3) is 0.556. The van der Waals surface area contributed by atoms with E-state index in [0.29, 0.717) is 18.7 Å². The zero-order chi connectivity index (χ0) is 16.8. The molecule has 5 heteroatoms. The number of carbonyl (C=O) groups excluding carboxylic acids is 2. The van der Waals surface area contributed by atoms with Crippen molar-refractivity contribution in [3.63, 3.8) is 0 Å². The Morgan fingerprint density at radius 3 is 2.61 bits per heavy atom. The Labute approximate surface area is 137 Å². The molecule has 1 aromatic carbocycles. The van der Waals surface area contributed by atoms with Gasteiger partial charge in [-0.05, 0) is 42.9 Å². The topological polar surface area (TPSA) is 69.6 Å². The summed E-state index contributed by atoms with van der Waals surface area (Å²) < 4.78 is 0. The van der Waals surface area contributed by atoms with Gasteiger partial charge in [-0.15, -0.1) is 0 Å². The highest BCUT2D eigenvalue weighted by Gasteiger charge is 2.30. The lowest BCUT2D eigenvalue weighted by atomic mass is 9.96. The normalized spacial score (nSPS) is 21.1. The summed E-state index contributed by atoms with van der Waals surface area (Å²) in [6.07, 6.45) is 3.46. The van der Waals surface area contributed by atoms with Crippen LogP contribution in [0.5, 0.6) is 0 Å². The summed E-state index contributed by atoms with van der Waals surface area (Å²) in [7, 11) is 0. The van der Waals surface area contributed by atoms with Crippen LogP contribution in [0.1, 0.15) is 38.7 Å². The second kappa shape index (κ2) is 8.11. The van der Waals surface area contributed by atoms with E-state index in [4.69, 9.17) is 0 Å². The number of nitrogens with zero attached hydrogens (tertiary/aromatic N) is 1. The van der Waals surface area contributed by atoms with Gasteiger partial charge >= 0.3 is 11.8 Å². The summed E-state index contributed by atoms with van der Waals surface area (Å²) in [6.45, 7) is 4.84. The van der Waals surface area contributed by atoms with Crippen molar-refractivity contribution in [1.29, 1.82) is 0 Å². The number of nitrogens with one attached hydrogen (secondary N) is 1. The third-order valence-electron chi connectivity index (χ3n) is 4.43. The fourth-order valence-corrected chi connectivity index (χ4v) is 2.70. The molecule has 23 heavy (non-hydrogen) atoms. The molecule has 1 aromatic rings. The van der Waals surface area contributed by atoms with Gasteiger partial charge in [-0.2, -0.15) is 0 Å². The number of anilines is 1. The number of benzene rings is 1. The third kappa shape index (κ3) is 4.79. The molecule has 0 spiro atoms. The molecule has 2 unspecified atom stereocenters. The number of amides is 2. The number of rotatable bonds is 4. The first kappa shape index (κ1) is 17.5. The zero-order valence-electron chi connectivity index (χ0n) is 13.9. The minimum atomic E-state index is -0.645. The number of unbranched alkanes of at least 4 members (excludes halogenated alkanes) is 1. The van der Waals surface area contributed by atoms with Crippen LogP contribution in [0.15, 0.2) is 24.3 Å². The summed E-state index contributed by atoms with van der Waals surface area (Å²) in [5.74, 6) is -1.06. The van der Waals surface area contributed by atoms with Gasteiger partial charge < -0.3 is 15.3 Å². The molecule has 126 valence electrons. The minimum absolute atomic E-state index is 0.165. The molecule has 0 saturated carbocycles. The van der Waals surface area contributed by atoms with Crippen molar-refractivity contribution in [2.75, 3.05) is 18.4 Å². The van der Waals surface area contributed by atoms with E-state index in [1.54, 1.807) is 0 Å². The highest BCUT2D eigenvalue weighted by Crippen LogP contribution is 2.17. The Morgan fingerprint density at radius 2 is 2.00 bits per heavy atom. The van der Waals surface area contributed by atoms with E-state index in [1.165, 1.54) is 10.5 Å². The van der Waals surface area contributed by atoms with Crippen LogP contribution in [-0.2, 0) is 16.0 Å². The van der Waals surface area contributed by atoms with Crippen molar-refractivity contribution in [1.82, 2.24) is 4.90 Å². The number of aliphatic hydroxyl groups excluding tert-OH is 1. The summed E-state index contributed by atoms with van der Waals surface area (Å²) in [5.41, 5.74) is 1.85. The van der Waals surface area contributed by atoms with E-state index in [9.17, 15) is 14.7 Å². The monoisotopic (exact) mass is 318 g/mol. The lowest BCUT2D eigenvalue weighted by Gasteiger charge is -2.33. The lowest BCUT2D eigenvalue weighted by Crippen LogP contribution is -2.49. The minimum Gasteiger partial charge on any atom is -0.391 e. The van der Waals surface area contributed by atoms with E-state index in [0.717, 1.165) is 19.3 Å². The van der Waals surface area contributed by atoms with Crippen LogP contribution < -0.4 is 5.32 Å². The largest absolute Gasteiger partial charge is 0.391 e. The Morgan fingerprint density at radius 1 is 1.30 bits per heavy atom. The summed E-state index contributed by atoms with van der Waals surface area (Å²) in [6, 6.07) is 7.59. The molecule has 0 radical (unpaired) electrons. The van der Waals surface area contributed by atoms with Gasteiger partial charge in [0, 0.05) is 18.8 Å². The zero-order valence-corrected chi connectivity index (χ0v) is 13.9. The van der Waals surface area contributed by atoms with Crippen LogP contribution in [0.4, 0.5) is 5.69 Å². The molecule has 5 nitrogen and oxygen atoms in total. The lowest BCUT2D eigenvalue weighted by molar-refractivity contribution is -0.146. The van der Waals surface area contributed by atoms with E-state index in [1.807, 2.05) is 31.2 Å². The average Bonchev–Trinajstić information content (AvgIpc) is 2.56. The highest BCUT2D eigenvalue weighted by molar-refractivity contribution is 6.39. The van der Waals surface area contributed by atoms with Crippen molar-refractivity contribution < 1.29 is 14.7 Å². The molecular weight excluding hydrogens is 292 g/mol. The van der Waals surface area contributed by atoms with E-state index in [2.05, 4.69) is 12.2 Å². The van der Waals surface area contributed by atoms with Crippen molar-refractivity contribution >= 4 is 17.5 Å². The van der Waals surface area contributed by atoms with Gasteiger partial charge in [-0.25, -0.2) is 0 Å². The number of β-amino-alcohol motifs (C(OH)–C–C–N with tert-alkyl or cyclic N) is 1. The maximum absolute atomic E-state index is 12.2. The maximum Gasteiger partial charge on any atom is 0.313 e. The van der Waals surface area contributed by atoms with Gasteiger partial charge in [0.15, 0.2) is 0 Å². The van der Waals surface area contributed by atoms with E-state index in [-0.39, 0.29) is 12.5 Å². The number of likely N-dealkylation sites (tertiary alicyclic amines) is 1. The number of hydrogen-bond donors (Lipinski definition) is 2. The molecule has 2 N–H and O–H groups in total. The van der Waals surface area contributed by atoms with Crippen LogP contribution in [0.3, 0.4) is 0 Å². The van der Waals surface area contributed by atoms with Gasteiger partial charge in [-0.3, -0.25) is 9.59 Å². The number of aliphatic hydroxyl groups is 1. The van der Waals surface area contributed by atoms with Crippen LogP contribution in [0.25, 0.3) is 0 Å². The van der Waals surface area contributed by atoms with Crippen molar-refractivity contribution in [3.8, 4) is 0 Å². The first-order valence-corrected chi connectivity index (χ1v) is 8.38. The predicted octanol–water partition coefficient (Wildman–Crippen LogP) is 2.20. The number of piperidine rings is 1. The summed E-state index contributed by atoms with van der Waals surface area (Å²) in [5, 5.41) is 12.5. The number of aryl methyl sites for hydroxylation is 1. The Bertz CT molecular complexity index is 542. The molecular formula is C18H26N2O3. The van der Waals surface area contributed by atoms with Crippen LogP contribution in [0.2, 0.25) is 0 Å². The highest BCUT2D eigenvalue weighted by atomic mass is 16.3.